The van der Waals surface area contributed by atoms with E-state index in [2.05, 4.69) is 23.5 Å². The fourth-order valence-electron chi connectivity index (χ4n) is 3.67. The smallest absolute Gasteiger partial charge is 0.270 e. The topological polar surface area (TPSA) is 58.6 Å². The molecule has 0 aromatic heterocycles. The van der Waals surface area contributed by atoms with Crippen LogP contribution in [-0.2, 0) is 16.2 Å². The van der Waals surface area contributed by atoms with Gasteiger partial charge in [0.15, 0.2) is 5.11 Å². The van der Waals surface area contributed by atoms with Crippen molar-refractivity contribution in [2.75, 3.05) is 4.90 Å². The minimum atomic E-state index is -0.552. The SMILES string of the molecule is Cc1cc(C)cc(COc2ccc(/C=C3/C(=O)NC(=S)N(c4ccccc4)C3=O)cc2Cl)c1. The van der Waals surface area contributed by atoms with Crippen molar-refractivity contribution in [2.45, 2.75) is 20.5 Å². The molecule has 1 fully saturated rings. The number of carbonyl (C=O) groups excluding carboxylic acids is 2. The molecule has 0 radical (unpaired) electrons. The zero-order valence-electron chi connectivity index (χ0n) is 18.1. The van der Waals surface area contributed by atoms with Crippen LogP contribution in [0, 0.1) is 13.8 Å². The van der Waals surface area contributed by atoms with Gasteiger partial charge in [0.25, 0.3) is 11.8 Å². The van der Waals surface area contributed by atoms with Crippen LogP contribution in [0.5, 0.6) is 5.75 Å². The van der Waals surface area contributed by atoms with Crippen molar-refractivity contribution < 1.29 is 14.3 Å². The van der Waals surface area contributed by atoms with E-state index in [1.807, 2.05) is 19.9 Å². The molecule has 0 saturated carbocycles. The maximum atomic E-state index is 13.1. The number of hydrogen-bond acceptors (Lipinski definition) is 4. The van der Waals surface area contributed by atoms with Gasteiger partial charge in [-0.15, -0.1) is 0 Å². The molecule has 0 bridgehead atoms. The van der Waals surface area contributed by atoms with Gasteiger partial charge < -0.3 is 4.74 Å². The number of thiocarbonyl (C=S) groups is 1. The summed E-state index contributed by atoms with van der Waals surface area (Å²) in [6.07, 6.45) is 1.49. The summed E-state index contributed by atoms with van der Waals surface area (Å²) in [5, 5.41) is 3.00. The average molecular weight is 477 g/mol. The van der Waals surface area contributed by atoms with Crippen LogP contribution < -0.4 is 15.0 Å². The van der Waals surface area contributed by atoms with Crippen LogP contribution in [0.15, 0.2) is 72.3 Å². The molecular weight excluding hydrogens is 456 g/mol. The molecule has 4 rings (SSSR count). The van der Waals surface area contributed by atoms with E-state index in [0.717, 1.165) is 5.56 Å². The first-order valence-corrected chi connectivity index (χ1v) is 11.1. The Morgan fingerprint density at radius 2 is 1.70 bits per heavy atom. The second kappa shape index (κ2) is 9.57. The molecule has 0 aliphatic carbocycles. The predicted molar refractivity (Wildman–Crippen MR) is 134 cm³/mol. The van der Waals surface area contributed by atoms with Crippen LogP contribution >= 0.6 is 23.8 Å². The van der Waals surface area contributed by atoms with Crippen molar-refractivity contribution in [3.8, 4) is 5.75 Å². The van der Waals surface area contributed by atoms with Gasteiger partial charge in [-0.25, -0.2) is 0 Å². The Hall–Kier alpha value is -3.48. The zero-order valence-corrected chi connectivity index (χ0v) is 19.7. The van der Waals surface area contributed by atoms with E-state index in [0.29, 0.717) is 28.6 Å². The van der Waals surface area contributed by atoms with Gasteiger partial charge in [-0.1, -0.05) is 65.2 Å². The maximum Gasteiger partial charge on any atom is 0.270 e. The molecule has 2 amide bonds. The van der Waals surface area contributed by atoms with Crippen molar-refractivity contribution in [3.05, 3.63) is 99.6 Å². The highest BCUT2D eigenvalue weighted by molar-refractivity contribution is 7.80. The minimum Gasteiger partial charge on any atom is -0.487 e. The Bertz CT molecular complexity index is 1270. The lowest BCUT2D eigenvalue weighted by Gasteiger charge is -2.28. The quantitative estimate of drug-likeness (QED) is 0.305. The number of rotatable bonds is 5. The van der Waals surface area contributed by atoms with E-state index in [4.69, 9.17) is 28.6 Å². The Morgan fingerprint density at radius 1 is 1.00 bits per heavy atom. The standard InChI is InChI=1S/C26H21ClN2O3S/c1-16-10-17(2)12-19(11-16)15-32-23-9-8-18(14-22(23)27)13-21-24(30)28-26(33)29(25(21)31)20-6-4-3-5-7-20/h3-14H,15H2,1-2H3,(H,28,30,33)/b21-13-. The highest BCUT2D eigenvalue weighted by atomic mass is 35.5. The van der Waals surface area contributed by atoms with Crippen molar-refractivity contribution in [1.29, 1.82) is 0 Å². The number of benzene rings is 3. The Kier molecular flexibility index (Phi) is 6.58. The van der Waals surface area contributed by atoms with E-state index in [-0.39, 0.29) is 10.7 Å². The maximum absolute atomic E-state index is 13.1. The largest absolute Gasteiger partial charge is 0.487 e. The summed E-state index contributed by atoms with van der Waals surface area (Å²) < 4.78 is 5.88. The summed E-state index contributed by atoms with van der Waals surface area (Å²) in [5.41, 5.74) is 4.52. The Morgan fingerprint density at radius 3 is 2.36 bits per heavy atom. The number of ether oxygens (including phenoxy) is 1. The van der Waals surface area contributed by atoms with E-state index in [9.17, 15) is 9.59 Å². The van der Waals surface area contributed by atoms with Gasteiger partial charge in [0.1, 0.15) is 17.9 Å². The van der Waals surface area contributed by atoms with E-state index >= 15 is 0 Å². The lowest BCUT2D eigenvalue weighted by molar-refractivity contribution is -0.122. The van der Waals surface area contributed by atoms with E-state index < -0.39 is 11.8 Å². The molecule has 3 aromatic carbocycles. The number of anilines is 1. The molecule has 166 valence electrons. The molecule has 1 aliphatic rings. The number of aryl methyl sites for hydroxylation is 2. The monoisotopic (exact) mass is 476 g/mol. The van der Waals surface area contributed by atoms with Crippen molar-refractivity contribution >= 4 is 52.5 Å². The van der Waals surface area contributed by atoms with Crippen LogP contribution in [0.3, 0.4) is 0 Å². The third-order valence-electron chi connectivity index (χ3n) is 5.06. The fourth-order valence-corrected chi connectivity index (χ4v) is 4.20. The minimum absolute atomic E-state index is 0.0348. The molecule has 0 unspecified atom stereocenters. The summed E-state index contributed by atoms with van der Waals surface area (Å²) >= 11 is 11.6. The van der Waals surface area contributed by atoms with Crippen LogP contribution in [0.25, 0.3) is 6.08 Å². The van der Waals surface area contributed by atoms with Crippen LogP contribution in [0.2, 0.25) is 5.02 Å². The molecule has 7 heteroatoms. The summed E-state index contributed by atoms with van der Waals surface area (Å²) in [7, 11) is 0. The highest BCUT2D eigenvalue weighted by Gasteiger charge is 2.34. The third-order valence-corrected chi connectivity index (χ3v) is 5.64. The van der Waals surface area contributed by atoms with Crippen molar-refractivity contribution in [1.82, 2.24) is 5.32 Å². The molecule has 1 heterocycles. The first-order valence-electron chi connectivity index (χ1n) is 10.3. The summed E-state index contributed by atoms with van der Waals surface area (Å²) in [6.45, 7) is 4.47. The van der Waals surface area contributed by atoms with Gasteiger partial charge in [-0.05, 0) is 67.5 Å². The van der Waals surface area contributed by atoms with Gasteiger partial charge in [0, 0.05) is 0 Å². The van der Waals surface area contributed by atoms with E-state index in [1.54, 1.807) is 42.5 Å². The van der Waals surface area contributed by atoms with Crippen LogP contribution in [0.1, 0.15) is 22.3 Å². The van der Waals surface area contributed by atoms with E-state index in [1.165, 1.54) is 22.1 Å². The number of hydrogen-bond donors (Lipinski definition) is 1. The molecular formula is C26H21ClN2O3S. The molecule has 5 nitrogen and oxygen atoms in total. The number of nitrogens with zero attached hydrogens (tertiary/aromatic N) is 1. The second-order valence-electron chi connectivity index (χ2n) is 7.77. The molecule has 1 saturated heterocycles. The van der Waals surface area contributed by atoms with Crippen molar-refractivity contribution in [2.24, 2.45) is 0 Å². The first kappa shape index (κ1) is 22.7. The number of carbonyl (C=O) groups is 2. The van der Waals surface area contributed by atoms with Crippen LogP contribution in [0.4, 0.5) is 5.69 Å². The normalized spacial score (nSPS) is 15.1. The number of halogens is 1. The number of nitrogens with one attached hydrogen (secondary N) is 1. The van der Waals surface area contributed by atoms with Gasteiger partial charge in [-0.2, -0.15) is 0 Å². The average Bonchev–Trinajstić information content (AvgIpc) is 2.76. The Balaban J connectivity index is 1.55. The lowest BCUT2D eigenvalue weighted by atomic mass is 10.1. The lowest BCUT2D eigenvalue weighted by Crippen LogP contribution is -2.54. The molecule has 1 aliphatic heterocycles. The number of amides is 2. The molecule has 33 heavy (non-hydrogen) atoms. The Labute approximate surface area is 202 Å². The van der Waals surface area contributed by atoms with Gasteiger partial charge in [0.05, 0.1) is 10.7 Å². The van der Waals surface area contributed by atoms with Crippen LogP contribution in [-0.4, -0.2) is 16.9 Å². The third kappa shape index (κ3) is 5.13. The number of para-hydroxylation sites is 1. The zero-order chi connectivity index (χ0) is 23.5. The fraction of sp³-hybridized carbons (Fsp3) is 0.115. The summed E-state index contributed by atoms with van der Waals surface area (Å²) in [4.78, 5) is 26.9. The molecule has 0 atom stereocenters. The summed E-state index contributed by atoms with van der Waals surface area (Å²) in [6, 6.07) is 20.3. The molecule has 3 aromatic rings. The predicted octanol–water partition coefficient (Wildman–Crippen LogP) is 5.37. The van der Waals surface area contributed by atoms with Crippen molar-refractivity contribution in [3.63, 3.8) is 0 Å². The molecule has 0 spiro atoms. The highest BCUT2D eigenvalue weighted by Crippen LogP contribution is 2.28. The molecule has 1 N–H and O–H groups in total. The summed E-state index contributed by atoms with van der Waals surface area (Å²) in [5.74, 6) is -0.533. The van der Waals surface area contributed by atoms with Gasteiger partial charge in [0.2, 0.25) is 0 Å². The van der Waals surface area contributed by atoms with Gasteiger partial charge >= 0.3 is 0 Å². The second-order valence-corrected chi connectivity index (χ2v) is 8.56. The van der Waals surface area contributed by atoms with Gasteiger partial charge in [-0.3, -0.25) is 19.8 Å². The first-order chi connectivity index (χ1) is 15.8.